The summed E-state index contributed by atoms with van der Waals surface area (Å²) in [5, 5.41) is 0. The van der Waals surface area contributed by atoms with Crippen LogP contribution in [0.25, 0.3) is 0 Å². The smallest absolute Gasteiger partial charge is 0.0193 e. The van der Waals surface area contributed by atoms with E-state index in [1.54, 1.807) is 5.57 Å². The summed E-state index contributed by atoms with van der Waals surface area (Å²) in [6, 6.07) is 0. The highest BCUT2D eigenvalue weighted by Gasteiger charge is 2.17. The Bertz CT molecular complexity index is 184. The second-order valence-electron chi connectivity index (χ2n) is 4.44. The largest absolute Gasteiger partial charge is 0.299 e. The van der Waals surface area contributed by atoms with Crippen molar-refractivity contribution in [2.75, 3.05) is 19.6 Å². The quantitative estimate of drug-likeness (QED) is 0.607. The Labute approximate surface area is 89.2 Å². The van der Waals surface area contributed by atoms with Crippen LogP contribution in [0.4, 0.5) is 0 Å². The molecule has 0 saturated carbocycles. The minimum Gasteiger partial charge on any atom is -0.299 e. The van der Waals surface area contributed by atoms with Gasteiger partial charge in [-0.15, -0.1) is 0 Å². The monoisotopic (exact) mass is 195 g/mol. The van der Waals surface area contributed by atoms with Crippen molar-refractivity contribution in [1.29, 1.82) is 0 Å². The van der Waals surface area contributed by atoms with Gasteiger partial charge in [-0.1, -0.05) is 38.8 Å². The van der Waals surface area contributed by atoms with Gasteiger partial charge in [-0.25, -0.2) is 0 Å². The van der Waals surface area contributed by atoms with Crippen LogP contribution in [0.5, 0.6) is 0 Å². The van der Waals surface area contributed by atoms with Crippen LogP contribution in [0.15, 0.2) is 11.6 Å². The van der Waals surface area contributed by atoms with Crippen LogP contribution in [0, 0.1) is 5.92 Å². The first-order valence-electron chi connectivity index (χ1n) is 6.22. The van der Waals surface area contributed by atoms with Crippen LogP contribution in [0.2, 0.25) is 0 Å². The van der Waals surface area contributed by atoms with E-state index in [2.05, 4.69) is 31.7 Å². The normalized spacial score (nSPS) is 23.6. The topological polar surface area (TPSA) is 3.24 Å². The summed E-state index contributed by atoms with van der Waals surface area (Å²) in [5.74, 6) is 0.815. The Morgan fingerprint density at radius 1 is 1.36 bits per heavy atom. The summed E-state index contributed by atoms with van der Waals surface area (Å²) in [6.45, 7) is 10.7. The molecule has 0 radical (unpaired) electrons. The minimum atomic E-state index is 0.815. The summed E-state index contributed by atoms with van der Waals surface area (Å²) >= 11 is 0. The lowest BCUT2D eigenvalue weighted by molar-refractivity contribution is 0.243. The molecule has 1 atom stereocenters. The molecule has 0 aromatic rings. The summed E-state index contributed by atoms with van der Waals surface area (Å²) in [7, 11) is 0. The van der Waals surface area contributed by atoms with E-state index in [9.17, 15) is 0 Å². The molecular weight excluding hydrogens is 170 g/mol. The van der Waals surface area contributed by atoms with Gasteiger partial charge in [-0.3, -0.25) is 4.90 Å². The SMILES string of the molecule is CCCCN1CC(CC)=CC(CC)C1. The Kier molecular flexibility index (Phi) is 5.24. The van der Waals surface area contributed by atoms with Gasteiger partial charge < -0.3 is 0 Å². The molecule has 0 saturated heterocycles. The summed E-state index contributed by atoms with van der Waals surface area (Å²) in [4.78, 5) is 2.64. The Balaban J connectivity index is 2.45. The van der Waals surface area contributed by atoms with Crippen LogP contribution in [-0.4, -0.2) is 24.5 Å². The fourth-order valence-corrected chi connectivity index (χ4v) is 2.15. The molecule has 1 unspecified atom stereocenters. The molecule has 1 heteroatoms. The molecular formula is C13H25N. The molecule has 82 valence electrons. The van der Waals surface area contributed by atoms with E-state index in [1.165, 1.54) is 45.3 Å². The molecule has 0 aromatic carbocycles. The molecule has 1 nitrogen and oxygen atoms in total. The first-order valence-corrected chi connectivity index (χ1v) is 6.22. The number of hydrogen-bond donors (Lipinski definition) is 0. The van der Waals surface area contributed by atoms with Gasteiger partial charge in [0, 0.05) is 13.1 Å². The average Bonchev–Trinajstić information content (AvgIpc) is 2.25. The first kappa shape index (κ1) is 11.8. The zero-order valence-electron chi connectivity index (χ0n) is 10.1. The minimum absolute atomic E-state index is 0.815. The number of rotatable bonds is 5. The van der Waals surface area contributed by atoms with Crippen LogP contribution in [-0.2, 0) is 0 Å². The molecule has 0 aromatic heterocycles. The summed E-state index contributed by atoms with van der Waals surface area (Å²) < 4.78 is 0. The van der Waals surface area contributed by atoms with Crippen molar-refractivity contribution in [2.24, 2.45) is 5.92 Å². The average molecular weight is 195 g/mol. The predicted molar refractivity (Wildman–Crippen MR) is 63.5 cm³/mol. The number of nitrogens with zero attached hydrogens (tertiary/aromatic N) is 1. The number of unbranched alkanes of at least 4 members (excludes halogenated alkanes) is 1. The molecule has 1 aliphatic heterocycles. The second kappa shape index (κ2) is 6.23. The predicted octanol–water partition coefficient (Wildman–Crippen LogP) is 3.46. The van der Waals surface area contributed by atoms with E-state index in [0.29, 0.717) is 0 Å². The van der Waals surface area contributed by atoms with E-state index in [0.717, 1.165) is 5.92 Å². The van der Waals surface area contributed by atoms with Crippen molar-refractivity contribution < 1.29 is 0 Å². The molecule has 14 heavy (non-hydrogen) atoms. The van der Waals surface area contributed by atoms with Gasteiger partial charge in [0.25, 0.3) is 0 Å². The van der Waals surface area contributed by atoms with Gasteiger partial charge in [0.15, 0.2) is 0 Å². The standard InChI is InChI=1S/C13H25N/c1-4-7-8-14-10-12(5-2)9-13(6-3)11-14/h9,12H,4-8,10-11H2,1-3H3. The van der Waals surface area contributed by atoms with E-state index in [1.807, 2.05) is 0 Å². The highest BCUT2D eigenvalue weighted by atomic mass is 15.1. The van der Waals surface area contributed by atoms with Crippen molar-refractivity contribution in [3.8, 4) is 0 Å². The van der Waals surface area contributed by atoms with E-state index < -0.39 is 0 Å². The van der Waals surface area contributed by atoms with Gasteiger partial charge in [0.1, 0.15) is 0 Å². The highest BCUT2D eigenvalue weighted by Crippen LogP contribution is 2.19. The zero-order chi connectivity index (χ0) is 10.4. The molecule has 0 fully saturated rings. The van der Waals surface area contributed by atoms with Crippen molar-refractivity contribution in [3.63, 3.8) is 0 Å². The van der Waals surface area contributed by atoms with Crippen molar-refractivity contribution in [1.82, 2.24) is 4.90 Å². The van der Waals surface area contributed by atoms with Crippen molar-refractivity contribution in [2.45, 2.75) is 46.5 Å². The molecule has 1 heterocycles. The molecule has 0 spiro atoms. The van der Waals surface area contributed by atoms with Gasteiger partial charge >= 0.3 is 0 Å². The third kappa shape index (κ3) is 3.45. The molecule has 0 amide bonds. The zero-order valence-corrected chi connectivity index (χ0v) is 10.1. The molecule has 1 rings (SSSR count). The summed E-state index contributed by atoms with van der Waals surface area (Å²) in [5.41, 5.74) is 1.65. The Hall–Kier alpha value is -0.300. The molecule has 0 N–H and O–H groups in total. The highest BCUT2D eigenvalue weighted by molar-refractivity contribution is 5.10. The van der Waals surface area contributed by atoms with Gasteiger partial charge in [-0.2, -0.15) is 0 Å². The maximum Gasteiger partial charge on any atom is 0.0193 e. The van der Waals surface area contributed by atoms with E-state index in [-0.39, 0.29) is 0 Å². The summed E-state index contributed by atoms with van der Waals surface area (Å²) in [6.07, 6.45) is 7.72. The van der Waals surface area contributed by atoms with Gasteiger partial charge in [-0.05, 0) is 31.7 Å². The van der Waals surface area contributed by atoms with Crippen LogP contribution < -0.4 is 0 Å². The third-order valence-corrected chi connectivity index (χ3v) is 3.20. The third-order valence-electron chi connectivity index (χ3n) is 3.20. The molecule has 0 aliphatic carbocycles. The van der Waals surface area contributed by atoms with Gasteiger partial charge in [0.05, 0.1) is 0 Å². The lowest BCUT2D eigenvalue weighted by Gasteiger charge is -2.31. The van der Waals surface area contributed by atoms with Crippen LogP contribution >= 0.6 is 0 Å². The lowest BCUT2D eigenvalue weighted by atomic mass is 9.96. The fraction of sp³-hybridized carbons (Fsp3) is 0.846. The van der Waals surface area contributed by atoms with Crippen LogP contribution in [0.1, 0.15) is 46.5 Å². The van der Waals surface area contributed by atoms with E-state index in [4.69, 9.17) is 0 Å². The van der Waals surface area contributed by atoms with Gasteiger partial charge in [0.2, 0.25) is 0 Å². The maximum absolute atomic E-state index is 2.64. The fourth-order valence-electron chi connectivity index (χ4n) is 2.15. The van der Waals surface area contributed by atoms with Crippen molar-refractivity contribution >= 4 is 0 Å². The first-order chi connectivity index (χ1) is 6.80. The van der Waals surface area contributed by atoms with Crippen LogP contribution in [0.3, 0.4) is 0 Å². The molecule has 1 aliphatic rings. The Morgan fingerprint density at radius 3 is 2.71 bits per heavy atom. The Morgan fingerprint density at radius 2 is 2.14 bits per heavy atom. The lowest BCUT2D eigenvalue weighted by Crippen LogP contribution is -2.35. The van der Waals surface area contributed by atoms with E-state index >= 15 is 0 Å². The second-order valence-corrected chi connectivity index (χ2v) is 4.44. The maximum atomic E-state index is 2.64. The van der Waals surface area contributed by atoms with Crippen molar-refractivity contribution in [3.05, 3.63) is 11.6 Å². The number of hydrogen-bond acceptors (Lipinski definition) is 1. The molecule has 0 bridgehead atoms.